The number of hydrogen-bond acceptors (Lipinski definition) is 5. The second kappa shape index (κ2) is 4.46. The van der Waals surface area contributed by atoms with Crippen molar-refractivity contribution in [3.05, 3.63) is 23.2 Å². The molecule has 0 aliphatic heterocycles. The first kappa shape index (κ1) is 10.8. The first-order valence-electron chi connectivity index (χ1n) is 4.85. The number of nitrogens with zero attached hydrogens (tertiary/aromatic N) is 1. The van der Waals surface area contributed by atoms with E-state index < -0.39 is 0 Å². The molecule has 2 rings (SSSR count). The molecule has 84 valence electrons. The number of rotatable bonds is 3. The van der Waals surface area contributed by atoms with Crippen LogP contribution in [-0.2, 0) is 0 Å². The van der Waals surface area contributed by atoms with E-state index >= 15 is 0 Å². The average molecular weight is 236 g/mol. The number of nitrogens with two attached hydrogens (primary N) is 2. The van der Waals surface area contributed by atoms with E-state index in [1.807, 2.05) is 6.07 Å². The third-order valence-corrected chi connectivity index (χ3v) is 3.27. The van der Waals surface area contributed by atoms with Crippen LogP contribution >= 0.6 is 11.3 Å². The molecule has 6 heteroatoms. The third kappa shape index (κ3) is 1.84. The summed E-state index contributed by atoms with van der Waals surface area (Å²) in [6, 6.07) is 3.65. The van der Waals surface area contributed by atoms with Crippen LogP contribution < -0.4 is 16.8 Å². The van der Waals surface area contributed by atoms with Crippen molar-refractivity contribution in [2.75, 3.05) is 18.8 Å². The Balaban J connectivity index is 2.37. The summed E-state index contributed by atoms with van der Waals surface area (Å²) in [5, 5.41) is 3.51. The van der Waals surface area contributed by atoms with Crippen LogP contribution in [0.4, 0.5) is 5.69 Å². The second-order valence-corrected chi connectivity index (χ2v) is 4.24. The van der Waals surface area contributed by atoms with Crippen LogP contribution in [0.1, 0.15) is 9.67 Å². The first-order valence-corrected chi connectivity index (χ1v) is 5.67. The van der Waals surface area contributed by atoms with Gasteiger partial charge in [0.1, 0.15) is 9.71 Å². The van der Waals surface area contributed by atoms with Gasteiger partial charge in [-0.05, 0) is 12.1 Å². The van der Waals surface area contributed by atoms with Gasteiger partial charge in [-0.3, -0.25) is 4.79 Å². The maximum absolute atomic E-state index is 11.7. The second-order valence-electron chi connectivity index (χ2n) is 3.25. The van der Waals surface area contributed by atoms with E-state index in [1.165, 1.54) is 11.3 Å². The topological polar surface area (TPSA) is 94.0 Å². The Hall–Kier alpha value is -1.66. The third-order valence-electron chi connectivity index (χ3n) is 2.14. The van der Waals surface area contributed by atoms with Gasteiger partial charge in [0.2, 0.25) is 0 Å². The lowest BCUT2D eigenvalue weighted by molar-refractivity contribution is 0.0959. The molecule has 0 unspecified atom stereocenters. The molecule has 0 spiro atoms. The van der Waals surface area contributed by atoms with Crippen molar-refractivity contribution < 1.29 is 4.79 Å². The Morgan fingerprint density at radius 1 is 1.56 bits per heavy atom. The van der Waals surface area contributed by atoms with Gasteiger partial charge in [-0.25, -0.2) is 4.98 Å². The Kier molecular flexibility index (Phi) is 3.02. The van der Waals surface area contributed by atoms with Gasteiger partial charge in [-0.2, -0.15) is 0 Å². The van der Waals surface area contributed by atoms with Crippen molar-refractivity contribution in [1.29, 1.82) is 0 Å². The predicted octanol–water partition coefficient (Wildman–Crippen LogP) is 0.567. The standard InChI is InChI=1S/C10H12N4OS/c11-3-5-13-9(15)8-7(12)6-2-1-4-14-10(6)16-8/h1-2,4H,3,5,11-12H2,(H,13,15). The van der Waals surface area contributed by atoms with Crippen molar-refractivity contribution in [2.24, 2.45) is 5.73 Å². The maximum atomic E-state index is 11.7. The van der Waals surface area contributed by atoms with E-state index in [-0.39, 0.29) is 5.91 Å². The number of nitrogens with one attached hydrogen (secondary N) is 1. The summed E-state index contributed by atoms with van der Waals surface area (Å²) in [7, 11) is 0. The normalized spacial score (nSPS) is 10.6. The molecule has 0 aromatic carbocycles. The predicted molar refractivity (Wildman–Crippen MR) is 65.4 cm³/mol. The highest BCUT2D eigenvalue weighted by molar-refractivity contribution is 7.21. The summed E-state index contributed by atoms with van der Waals surface area (Å²) in [4.78, 5) is 17.2. The van der Waals surface area contributed by atoms with E-state index in [9.17, 15) is 4.79 Å². The molecule has 0 radical (unpaired) electrons. The molecule has 2 heterocycles. The van der Waals surface area contributed by atoms with E-state index in [0.717, 1.165) is 10.2 Å². The van der Waals surface area contributed by atoms with Gasteiger partial charge in [-0.1, -0.05) is 0 Å². The number of aromatic nitrogens is 1. The van der Waals surface area contributed by atoms with Crippen LogP contribution in [0.25, 0.3) is 10.2 Å². The number of pyridine rings is 1. The monoisotopic (exact) mass is 236 g/mol. The lowest BCUT2D eigenvalue weighted by Gasteiger charge is -2.01. The Morgan fingerprint density at radius 3 is 3.06 bits per heavy atom. The zero-order valence-corrected chi connectivity index (χ0v) is 9.38. The molecule has 2 aromatic heterocycles. The number of anilines is 1. The Bertz CT molecular complexity index is 523. The molecule has 0 bridgehead atoms. The highest BCUT2D eigenvalue weighted by Crippen LogP contribution is 2.31. The van der Waals surface area contributed by atoms with Gasteiger partial charge in [0.25, 0.3) is 5.91 Å². The molecule has 0 aliphatic carbocycles. The molecule has 5 N–H and O–H groups in total. The van der Waals surface area contributed by atoms with Gasteiger partial charge in [0.05, 0.1) is 5.69 Å². The molecule has 1 amide bonds. The fourth-order valence-corrected chi connectivity index (χ4v) is 2.37. The van der Waals surface area contributed by atoms with Crippen molar-refractivity contribution in [1.82, 2.24) is 10.3 Å². The summed E-state index contributed by atoms with van der Waals surface area (Å²) in [5.74, 6) is -0.189. The summed E-state index contributed by atoms with van der Waals surface area (Å²) in [6.07, 6.45) is 1.68. The van der Waals surface area contributed by atoms with Crippen molar-refractivity contribution in [2.45, 2.75) is 0 Å². The number of hydrogen-bond donors (Lipinski definition) is 3. The minimum atomic E-state index is -0.189. The number of carbonyl (C=O) groups excluding carboxylic acids is 1. The lowest BCUT2D eigenvalue weighted by Crippen LogP contribution is -2.28. The summed E-state index contributed by atoms with van der Waals surface area (Å²) >= 11 is 1.29. The van der Waals surface area contributed by atoms with E-state index in [1.54, 1.807) is 12.3 Å². The molecule has 0 aliphatic rings. The number of carbonyl (C=O) groups is 1. The van der Waals surface area contributed by atoms with Crippen LogP contribution in [-0.4, -0.2) is 24.0 Å². The molecular weight excluding hydrogens is 224 g/mol. The zero-order valence-electron chi connectivity index (χ0n) is 8.56. The van der Waals surface area contributed by atoms with Gasteiger partial charge < -0.3 is 16.8 Å². The van der Waals surface area contributed by atoms with Gasteiger partial charge >= 0.3 is 0 Å². The minimum Gasteiger partial charge on any atom is -0.397 e. The largest absolute Gasteiger partial charge is 0.397 e. The minimum absolute atomic E-state index is 0.189. The number of nitrogen functional groups attached to an aromatic ring is 1. The molecular formula is C10H12N4OS. The molecule has 0 fully saturated rings. The van der Waals surface area contributed by atoms with Crippen LogP contribution in [0.2, 0.25) is 0 Å². The van der Waals surface area contributed by atoms with Crippen molar-refractivity contribution in [3.63, 3.8) is 0 Å². The lowest BCUT2D eigenvalue weighted by atomic mass is 10.2. The van der Waals surface area contributed by atoms with E-state index in [0.29, 0.717) is 23.7 Å². The molecule has 16 heavy (non-hydrogen) atoms. The molecule has 0 saturated heterocycles. The zero-order chi connectivity index (χ0) is 11.5. The van der Waals surface area contributed by atoms with Crippen LogP contribution in [0, 0.1) is 0 Å². The van der Waals surface area contributed by atoms with Gasteiger partial charge in [0.15, 0.2) is 0 Å². The summed E-state index contributed by atoms with van der Waals surface area (Å²) in [6.45, 7) is 0.856. The number of fused-ring (bicyclic) bond motifs is 1. The Morgan fingerprint density at radius 2 is 2.38 bits per heavy atom. The molecule has 0 saturated carbocycles. The number of amides is 1. The maximum Gasteiger partial charge on any atom is 0.263 e. The smallest absolute Gasteiger partial charge is 0.263 e. The molecule has 2 aromatic rings. The average Bonchev–Trinajstić information content (AvgIpc) is 2.64. The quantitative estimate of drug-likeness (QED) is 0.726. The van der Waals surface area contributed by atoms with E-state index in [4.69, 9.17) is 11.5 Å². The summed E-state index contributed by atoms with van der Waals surface area (Å²) in [5.41, 5.74) is 11.7. The van der Waals surface area contributed by atoms with Crippen molar-refractivity contribution >= 4 is 33.1 Å². The fraction of sp³-hybridized carbons (Fsp3) is 0.200. The fourth-order valence-electron chi connectivity index (χ4n) is 1.39. The highest BCUT2D eigenvalue weighted by atomic mass is 32.1. The van der Waals surface area contributed by atoms with Gasteiger partial charge in [-0.15, -0.1) is 11.3 Å². The Labute approximate surface area is 96.5 Å². The van der Waals surface area contributed by atoms with Gasteiger partial charge in [0, 0.05) is 24.7 Å². The van der Waals surface area contributed by atoms with Crippen LogP contribution in [0.5, 0.6) is 0 Å². The summed E-state index contributed by atoms with van der Waals surface area (Å²) < 4.78 is 0. The van der Waals surface area contributed by atoms with Crippen molar-refractivity contribution in [3.8, 4) is 0 Å². The first-order chi connectivity index (χ1) is 7.74. The van der Waals surface area contributed by atoms with E-state index in [2.05, 4.69) is 10.3 Å². The molecule has 5 nitrogen and oxygen atoms in total. The SMILES string of the molecule is NCCNC(=O)c1sc2ncccc2c1N. The van der Waals surface area contributed by atoms with Crippen LogP contribution in [0.15, 0.2) is 18.3 Å². The van der Waals surface area contributed by atoms with Crippen LogP contribution in [0.3, 0.4) is 0 Å². The highest BCUT2D eigenvalue weighted by Gasteiger charge is 2.15. The molecule has 0 atom stereocenters. The number of thiophene rings is 1.